The standard InChI is InChI=1S/C11H13BrFNO5S/c1-6(15)2-3-14-20(18,19)9-5-7(12)4-8(10(9)13)11(16)17/h4-6,14-15H,2-3H2,1H3,(H,16,17). The van der Waals surface area contributed by atoms with E-state index < -0.39 is 38.4 Å². The largest absolute Gasteiger partial charge is 0.478 e. The smallest absolute Gasteiger partial charge is 0.338 e. The number of benzene rings is 1. The highest BCUT2D eigenvalue weighted by atomic mass is 79.9. The summed E-state index contributed by atoms with van der Waals surface area (Å²) in [5, 5.41) is 17.9. The maximum atomic E-state index is 13.9. The summed E-state index contributed by atoms with van der Waals surface area (Å²) < 4.78 is 40.0. The number of aliphatic hydroxyl groups is 1. The first-order chi connectivity index (χ1) is 9.15. The van der Waals surface area contributed by atoms with E-state index in [4.69, 9.17) is 10.2 Å². The van der Waals surface area contributed by atoms with Crippen LogP contribution in [0.5, 0.6) is 0 Å². The predicted octanol–water partition coefficient (Wildman–Crippen LogP) is 1.34. The summed E-state index contributed by atoms with van der Waals surface area (Å²) in [6.07, 6.45) is -0.555. The zero-order valence-corrected chi connectivity index (χ0v) is 12.8. The fraction of sp³-hybridized carbons (Fsp3) is 0.364. The van der Waals surface area contributed by atoms with Crippen molar-refractivity contribution in [3.05, 3.63) is 28.0 Å². The van der Waals surface area contributed by atoms with Crippen LogP contribution in [-0.4, -0.2) is 37.2 Å². The molecular weight excluding hydrogens is 357 g/mol. The lowest BCUT2D eigenvalue weighted by Crippen LogP contribution is -2.28. The van der Waals surface area contributed by atoms with Gasteiger partial charge in [-0.05, 0) is 25.5 Å². The molecule has 1 aromatic rings. The van der Waals surface area contributed by atoms with Crippen molar-refractivity contribution in [1.29, 1.82) is 0 Å². The molecule has 0 radical (unpaired) electrons. The normalized spacial score (nSPS) is 13.2. The van der Waals surface area contributed by atoms with Gasteiger partial charge in [-0.15, -0.1) is 0 Å². The molecule has 0 aliphatic carbocycles. The van der Waals surface area contributed by atoms with E-state index in [1.165, 1.54) is 6.92 Å². The highest BCUT2D eigenvalue weighted by Gasteiger charge is 2.24. The Morgan fingerprint density at radius 3 is 2.60 bits per heavy atom. The number of aromatic carboxylic acids is 1. The second-order valence-electron chi connectivity index (χ2n) is 4.11. The number of sulfonamides is 1. The van der Waals surface area contributed by atoms with E-state index in [9.17, 15) is 17.6 Å². The summed E-state index contributed by atoms with van der Waals surface area (Å²) in [7, 11) is -4.19. The third kappa shape index (κ3) is 4.23. The van der Waals surface area contributed by atoms with E-state index in [0.717, 1.165) is 12.1 Å². The molecular formula is C11H13BrFNO5S. The van der Waals surface area contributed by atoms with Crippen LogP contribution in [0, 0.1) is 5.82 Å². The monoisotopic (exact) mass is 369 g/mol. The fourth-order valence-corrected chi connectivity index (χ4v) is 3.17. The number of carboxylic acid groups (broad SMARTS) is 1. The molecule has 0 amide bonds. The van der Waals surface area contributed by atoms with Crippen molar-refractivity contribution in [3.8, 4) is 0 Å². The Balaban J connectivity index is 3.15. The summed E-state index contributed by atoms with van der Waals surface area (Å²) in [6, 6.07) is 1.96. The number of hydrogen-bond donors (Lipinski definition) is 3. The molecule has 112 valence electrons. The molecule has 9 heteroatoms. The van der Waals surface area contributed by atoms with Gasteiger partial charge >= 0.3 is 5.97 Å². The Kier molecular flexibility index (Phi) is 5.63. The Labute approximate surface area is 123 Å². The summed E-state index contributed by atoms with van der Waals surface area (Å²) in [5.41, 5.74) is -0.740. The average Bonchev–Trinajstić information content (AvgIpc) is 2.30. The quantitative estimate of drug-likeness (QED) is 0.701. The first kappa shape index (κ1) is 17.0. The molecule has 1 atom stereocenters. The van der Waals surface area contributed by atoms with E-state index in [1.807, 2.05) is 0 Å². The van der Waals surface area contributed by atoms with Gasteiger partial charge in [-0.1, -0.05) is 15.9 Å². The van der Waals surface area contributed by atoms with E-state index >= 15 is 0 Å². The van der Waals surface area contributed by atoms with Gasteiger partial charge in [0.25, 0.3) is 0 Å². The van der Waals surface area contributed by atoms with E-state index in [1.54, 1.807) is 0 Å². The average molecular weight is 370 g/mol. The molecule has 1 aromatic carbocycles. The van der Waals surface area contributed by atoms with Crippen LogP contribution in [-0.2, 0) is 10.0 Å². The number of rotatable bonds is 6. The minimum atomic E-state index is -4.19. The van der Waals surface area contributed by atoms with Gasteiger partial charge in [0.1, 0.15) is 4.90 Å². The molecule has 0 aromatic heterocycles. The topological polar surface area (TPSA) is 104 Å². The Morgan fingerprint density at radius 1 is 1.50 bits per heavy atom. The van der Waals surface area contributed by atoms with E-state index in [-0.39, 0.29) is 17.4 Å². The van der Waals surface area contributed by atoms with Gasteiger partial charge in [-0.25, -0.2) is 22.3 Å². The maximum Gasteiger partial charge on any atom is 0.338 e. The minimum absolute atomic E-state index is 0.0889. The lowest BCUT2D eigenvalue weighted by molar-refractivity contribution is 0.0691. The minimum Gasteiger partial charge on any atom is -0.478 e. The van der Waals surface area contributed by atoms with E-state index in [0.29, 0.717) is 0 Å². The number of carbonyl (C=O) groups is 1. The zero-order chi connectivity index (χ0) is 15.5. The number of halogens is 2. The van der Waals surface area contributed by atoms with Crippen LogP contribution >= 0.6 is 15.9 Å². The maximum absolute atomic E-state index is 13.9. The van der Waals surface area contributed by atoms with Gasteiger partial charge in [-0.2, -0.15) is 0 Å². The van der Waals surface area contributed by atoms with Crippen molar-refractivity contribution < 1.29 is 27.8 Å². The molecule has 0 aliphatic heterocycles. The highest BCUT2D eigenvalue weighted by Crippen LogP contribution is 2.24. The summed E-state index contributed by atoms with van der Waals surface area (Å²) >= 11 is 2.94. The van der Waals surface area contributed by atoms with Gasteiger partial charge in [-0.3, -0.25) is 0 Å². The number of carboxylic acids is 1. The van der Waals surface area contributed by atoms with Crippen molar-refractivity contribution in [2.75, 3.05) is 6.54 Å². The molecule has 0 saturated carbocycles. The molecule has 6 nitrogen and oxygen atoms in total. The lowest BCUT2D eigenvalue weighted by Gasteiger charge is -2.10. The molecule has 20 heavy (non-hydrogen) atoms. The second-order valence-corrected chi connectivity index (χ2v) is 6.76. The van der Waals surface area contributed by atoms with Crippen molar-refractivity contribution >= 4 is 31.9 Å². The van der Waals surface area contributed by atoms with Crippen LogP contribution in [0.4, 0.5) is 4.39 Å². The third-order valence-corrected chi connectivity index (χ3v) is 4.30. The summed E-state index contributed by atoms with van der Waals surface area (Å²) in [5.74, 6) is -2.89. The van der Waals surface area contributed by atoms with Gasteiger partial charge in [0.05, 0.1) is 11.7 Å². The Morgan fingerprint density at radius 2 is 2.10 bits per heavy atom. The number of aliphatic hydroxyl groups excluding tert-OH is 1. The van der Waals surface area contributed by atoms with Crippen LogP contribution < -0.4 is 4.72 Å². The van der Waals surface area contributed by atoms with Gasteiger partial charge < -0.3 is 10.2 Å². The SMILES string of the molecule is CC(O)CCNS(=O)(=O)c1cc(Br)cc(C(=O)O)c1F. The van der Waals surface area contributed by atoms with E-state index in [2.05, 4.69) is 20.7 Å². The lowest BCUT2D eigenvalue weighted by atomic mass is 10.2. The predicted molar refractivity (Wildman–Crippen MR) is 72.5 cm³/mol. The van der Waals surface area contributed by atoms with Crippen LogP contribution in [0.25, 0.3) is 0 Å². The molecule has 0 spiro atoms. The highest BCUT2D eigenvalue weighted by molar-refractivity contribution is 9.10. The first-order valence-corrected chi connectivity index (χ1v) is 7.83. The van der Waals surface area contributed by atoms with Crippen LogP contribution in [0.2, 0.25) is 0 Å². The number of hydrogen-bond acceptors (Lipinski definition) is 4. The first-order valence-electron chi connectivity index (χ1n) is 5.55. The van der Waals surface area contributed by atoms with Crippen LogP contribution in [0.3, 0.4) is 0 Å². The molecule has 0 aliphatic rings. The van der Waals surface area contributed by atoms with Gasteiger partial charge in [0, 0.05) is 11.0 Å². The molecule has 0 saturated heterocycles. The van der Waals surface area contributed by atoms with Crippen LogP contribution in [0.15, 0.2) is 21.5 Å². The van der Waals surface area contributed by atoms with Gasteiger partial charge in [0.2, 0.25) is 10.0 Å². The number of nitrogens with one attached hydrogen (secondary N) is 1. The molecule has 1 rings (SSSR count). The zero-order valence-electron chi connectivity index (χ0n) is 10.4. The Bertz CT molecular complexity index is 617. The molecule has 3 N–H and O–H groups in total. The molecule has 0 fully saturated rings. The van der Waals surface area contributed by atoms with Crippen LogP contribution in [0.1, 0.15) is 23.7 Å². The van der Waals surface area contributed by atoms with Crippen molar-refractivity contribution in [2.45, 2.75) is 24.3 Å². The van der Waals surface area contributed by atoms with Crippen molar-refractivity contribution in [3.63, 3.8) is 0 Å². The Hall–Kier alpha value is -1.03. The van der Waals surface area contributed by atoms with Gasteiger partial charge in [0.15, 0.2) is 5.82 Å². The molecule has 0 heterocycles. The fourth-order valence-electron chi connectivity index (χ4n) is 1.40. The summed E-state index contributed by atoms with van der Waals surface area (Å²) in [4.78, 5) is 10.1. The summed E-state index contributed by atoms with van der Waals surface area (Å²) in [6.45, 7) is 1.39. The third-order valence-electron chi connectivity index (χ3n) is 2.38. The molecule has 1 unspecified atom stereocenters. The van der Waals surface area contributed by atoms with Crippen molar-refractivity contribution in [1.82, 2.24) is 4.72 Å². The molecule has 0 bridgehead atoms. The second kappa shape index (κ2) is 6.61. The van der Waals surface area contributed by atoms with Crippen molar-refractivity contribution in [2.24, 2.45) is 0 Å².